The van der Waals surface area contributed by atoms with Gasteiger partial charge < -0.3 is 20.3 Å². The van der Waals surface area contributed by atoms with Crippen LogP contribution in [0.25, 0.3) is 0 Å². The third kappa shape index (κ3) is 5.16. The SMILES string of the molecule is CCCCn1c(N)c(N(CCOC)C(=O)C2CC(=O)N(c3ccc(C)cc3)C2)c(=O)[nH]c1=O. The zero-order valence-corrected chi connectivity index (χ0v) is 19.3. The lowest BCUT2D eigenvalue weighted by Gasteiger charge is -2.26. The van der Waals surface area contributed by atoms with E-state index in [9.17, 15) is 19.2 Å². The predicted molar refractivity (Wildman–Crippen MR) is 127 cm³/mol. The number of hydrogen-bond donors (Lipinski definition) is 2. The highest BCUT2D eigenvalue weighted by Crippen LogP contribution is 2.28. The number of rotatable bonds is 9. The number of anilines is 3. The van der Waals surface area contributed by atoms with Gasteiger partial charge in [0.2, 0.25) is 11.8 Å². The number of aromatic amines is 1. The first-order valence-corrected chi connectivity index (χ1v) is 11.1. The molecule has 1 atom stereocenters. The van der Waals surface area contributed by atoms with Crippen molar-refractivity contribution in [3.8, 4) is 0 Å². The van der Waals surface area contributed by atoms with E-state index < -0.39 is 23.1 Å². The van der Waals surface area contributed by atoms with E-state index in [0.717, 1.165) is 17.7 Å². The molecule has 178 valence electrons. The van der Waals surface area contributed by atoms with Crippen molar-refractivity contribution in [2.24, 2.45) is 5.92 Å². The molecular weight excluding hydrogens is 426 g/mol. The van der Waals surface area contributed by atoms with Gasteiger partial charge in [0.15, 0.2) is 5.69 Å². The second-order valence-electron chi connectivity index (χ2n) is 8.22. The number of H-pyrrole nitrogens is 1. The van der Waals surface area contributed by atoms with E-state index in [0.29, 0.717) is 13.0 Å². The number of nitrogens with zero attached hydrogens (tertiary/aromatic N) is 3. The minimum absolute atomic E-state index is 0.0173. The maximum Gasteiger partial charge on any atom is 0.330 e. The molecule has 3 N–H and O–H groups in total. The first-order valence-electron chi connectivity index (χ1n) is 11.1. The number of unbranched alkanes of at least 4 members (excludes halogenated alkanes) is 1. The fourth-order valence-corrected chi connectivity index (χ4v) is 3.96. The van der Waals surface area contributed by atoms with Crippen molar-refractivity contribution in [3.05, 3.63) is 50.7 Å². The van der Waals surface area contributed by atoms with Crippen LogP contribution in [0.1, 0.15) is 31.7 Å². The number of amides is 2. The maximum atomic E-state index is 13.5. The zero-order chi connectivity index (χ0) is 24.1. The number of nitrogen functional groups attached to an aromatic ring is 1. The van der Waals surface area contributed by atoms with Gasteiger partial charge in [-0.05, 0) is 25.5 Å². The first-order chi connectivity index (χ1) is 15.8. The van der Waals surface area contributed by atoms with Crippen LogP contribution in [0.5, 0.6) is 0 Å². The molecule has 1 aromatic carbocycles. The predicted octanol–water partition coefficient (Wildman–Crippen LogP) is 1.26. The molecule has 0 bridgehead atoms. The third-order valence-electron chi connectivity index (χ3n) is 5.82. The molecule has 33 heavy (non-hydrogen) atoms. The second-order valence-corrected chi connectivity index (χ2v) is 8.22. The second kappa shape index (κ2) is 10.5. The van der Waals surface area contributed by atoms with Gasteiger partial charge in [0.25, 0.3) is 5.56 Å². The van der Waals surface area contributed by atoms with Crippen molar-refractivity contribution in [3.63, 3.8) is 0 Å². The summed E-state index contributed by atoms with van der Waals surface area (Å²) in [5.74, 6) is -1.31. The van der Waals surface area contributed by atoms with Gasteiger partial charge in [-0.15, -0.1) is 0 Å². The Bertz CT molecular complexity index is 1120. The number of carbonyl (C=O) groups excluding carboxylic acids is 2. The van der Waals surface area contributed by atoms with Crippen LogP contribution in [-0.4, -0.2) is 48.2 Å². The molecule has 3 rings (SSSR count). The average molecular weight is 458 g/mol. The number of aryl methyl sites for hydroxylation is 1. The minimum atomic E-state index is -0.741. The number of benzene rings is 1. The molecule has 2 amide bonds. The molecule has 1 saturated heterocycles. The summed E-state index contributed by atoms with van der Waals surface area (Å²) < 4.78 is 6.40. The molecule has 1 aromatic heterocycles. The molecule has 10 nitrogen and oxygen atoms in total. The van der Waals surface area contributed by atoms with Gasteiger partial charge in [-0.25, -0.2) is 4.79 Å². The van der Waals surface area contributed by atoms with Crippen LogP contribution >= 0.6 is 0 Å². The van der Waals surface area contributed by atoms with Gasteiger partial charge in [0.05, 0.1) is 12.5 Å². The number of nitrogens with one attached hydrogen (secondary N) is 1. The quantitative estimate of drug-likeness (QED) is 0.583. The fraction of sp³-hybridized carbons (Fsp3) is 0.478. The van der Waals surface area contributed by atoms with Gasteiger partial charge in [-0.1, -0.05) is 31.0 Å². The summed E-state index contributed by atoms with van der Waals surface area (Å²) in [6.07, 6.45) is 1.53. The van der Waals surface area contributed by atoms with E-state index >= 15 is 0 Å². The molecule has 1 aliphatic rings. The van der Waals surface area contributed by atoms with Crippen molar-refractivity contribution in [2.45, 2.75) is 39.7 Å². The summed E-state index contributed by atoms with van der Waals surface area (Å²) in [5.41, 5.74) is 6.56. The number of carbonyl (C=O) groups is 2. The van der Waals surface area contributed by atoms with E-state index in [4.69, 9.17) is 10.5 Å². The minimum Gasteiger partial charge on any atom is -0.383 e. The molecule has 0 aliphatic carbocycles. The molecule has 2 heterocycles. The Balaban J connectivity index is 1.94. The Labute approximate surface area is 191 Å². The Morgan fingerprint density at radius 1 is 1.24 bits per heavy atom. The average Bonchev–Trinajstić information content (AvgIpc) is 3.17. The Kier molecular flexibility index (Phi) is 7.70. The smallest absolute Gasteiger partial charge is 0.330 e. The Morgan fingerprint density at radius 3 is 2.58 bits per heavy atom. The highest BCUT2D eigenvalue weighted by Gasteiger charge is 2.38. The lowest BCUT2D eigenvalue weighted by Crippen LogP contribution is -2.45. The number of hydrogen-bond acceptors (Lipinski definition) is 6. The lowest BCUT2D eigenvalue weighted by molar-refractivity contribution is -0.124. The van der Waals surface area contributed by atoms with Crippen LogP contribution in [0.4, 0.5) is 17.2 Å². The first kappa shape index (κ1) is 24.2. The fourth-order valence-electron chi connectivity index (χ4n) is 3.96. The van der Waals surface area contributed by atoms with Crippen molar-refractivity contribution in [2.75, 3.05) is 42.3 Å². The van der Waals surface area contributed by atoms with Crippen LogP contribution in [0.2, 0.25) is 0 Å². The van der Waals surface area contributed by atoms with Gasteiger partial charge in [-0.3, -0.25) is 23.9 Å². The Morgan fingerprint density at radius 2 is 1.94 bits per heavy atom. The highest BCUT2D eigenvalue weighted by atomic mass is 16.5. The molecule has 1 unspecified atom stereocenters. The number of aromatic nitrogens is 2. The van der Waals surface area contributed by atoms with Crippen LogP contribution in [-0.2, 0) is 20.9 Å². The monoisotopic (exact) mass is 457 g/mol. The summed E-state index contributed by atoms with van der Waals surface area (Å²) in [6, 6.07) is 7.50. The molecule has 2 aromatic rings. The van der Waals surface area contributed by atoms with Crippen molar-refractivity contribution in [1.29, 1.82) is 0 Å². The van der Waals surface area contributed by atoms with Gasteiger partial charge in [-0.2, -0.15) is 0 Å². The Hall–Kier alpha value is -3.40. The van der Waals surface area contributed by atoms with Crippen molar-refractivity contribution in [1.82, 2.24) is 9.55 Å². The molecule has 1 aliphatic heterocycles. The summed E-state index contributed by atoms with van der Waals surface area (Å²) in [5, 5.41) is 0. The van der Waals surface area contributed by atoms with Crippen LogP contribution < -0.4 is 26.8 Å². The van der Waals surface area contributed by atoms with Crippen LogP contribution in [0.3, 0.4) is 0 Å². The number of nitrogens with two attached hydrogens (primary N) is 1. The highest BCUT2D eigenvalue weighted by molar-refractivity contribution is 6.05. The molecule has 1 fully saturated rings. The van der Waals surface area contributed by atoms with Gasteiger partial charge in [0.1, 0.15) is 5.82 Å². The molecule has 0 spiro atoms. The standard InChI is InChI=1S/C23H31N5O5/c1-4-5-10-27-20(24)19(21(30)25-23(27)32)26(11-12-33-3)22(31)16-13-18(29)28(14-16)17-8-6-15(2)7-9-17/h6-9,16H,4-5,10-14,24H2,1-3H3,(H,25,30,32). The van der Waals surface area contributed by atoms with E-state index in [2.05, 4.69) is 4.98 Å². The largest absolute Gasteiger partial charge is 0.383 e. The van der Waals surface area contributed by atoms with Crippen LogP contribution in [0, 0.1) is 12.8 Å². The lowest BCUT2D eigenvalue weighted by atomic mass is 10.1. The van der Waals surface area contributed by atoms with Crippen molar-refractivity contribution < 1.29 is 14.3 Å². The van der Waals surface area contributed by atoms with Crippen LogP contribution in [0.15, 0.2) is 33.9 Å². The summed E-state index contributed by atoms with van der Waals surface area (Å²) in [7, 11) is 1.48. The third-order valence-corrected chi connectivity index (χ3v) is 5.82. The topological polar surface area (TPSA) is 131 Å². The molecule has 0 radical (unpaired) electrons. The van der Waals surface area contributed by atoms with Crippen molar-refractivity contribution >= 4 is 29.0 Å². The van der Waals surface area contributed by atoms with E-state index in [1.165, 1.54) is 16.6 Å². The van der Waals surface area contributed by atoms with E-state index in [1.807, 2.05) is 38.1 Å². The zero-order valence-electron chi connectivity index (χ0n) is 19.3. The summed E-state index contributed by atoms with van der Waals surface area (Å²) in [4.78, 5) is 56.3. The van der Waals surface area contributed by atoms with E-state index in [-0.39, 0.29) is 43.5 Å². The number of methoxy groups -OCH3 is 1. The molecular formula is C23H31N5O5. The molecule has 10 heteroatoms. The van der Waals surface area contributed by atoms with Gasteiger partial charge in [0, 0.05) is 38.9 Å². The van der Waals surface area contributed by atoms with Gasteiger partial charge >= 0.3 is 5.69 Å². The van der Waals surface area contributed by atoms with E-state index in [1.54, 1.807) is 4.90 Å². The summed E-state index contributed by atoms with van der Waals surface area (Å²) in [6.45, 7) is 4.65. The summed E-state index contributed by atoms with van der Waals surface area (Å²) >= 11 is 0. The normalized spacial score (nSPS) is 15.8. The number of ether oxygens (including phenoxy) is 1. The molecule has 0 saturated carbocycles. The maximum absolute atomic E-state index is 13.5.